The number of thiophene rings is 1. The number of carbonyl (C=O) groups excluding carboxylic acids is 1. The van der Waals surface area contributed by atoms with Crippen molar-refractivity contribution in [3.63, 3.8) is 0 Å². The number of halogens is 1. The molecule has 0 fully saturated rings. The van der Waals surface area contributed by atoms with Crippen molar-refractivity contribution in [2.24, 2.45) is 0 Å². The molecule has 25 heavy (non-hydrogen) atoms. The second-order valence-electron chi connectivity index (χ2n) is 5.37. The first-order chi connectivity index (χ1) is 11.8. The molecule has 0 radical (unpaired) electrons. The van der Waals surface area contributed by atoms with E-state index in [4.69, 9.17) is 11.6 Å². The third kappa shape index (κ3) is 3.60. The van der Waals surface area contributed by atoms with Crippen LogP contribution in [0.25, 0.3) is 0 Å². The highest BCUT2D eigenvalue weighted by atomic mass is 35.5. The Morgan fingerprint density at radius 2 is 1.88 bits per heavy atom. The van der Waals surface area contributed by atoms with Crippen LogP contribution < -0.4 is 4.72 Å². The Balaban J connectivity index is 1.93. The third-order valence-corrected chi connectivity index (χ3v) is 5.97. The predicted molar refractivity (Wildman–Crippen MR) is 98.0 cm³/mol. The van der Waals surface area contributed by atoms with Crippen LogP contribution >= 0.6 is 22.9 Å². The summed E-state index contributed by atoms with van der Waals surface area (Å²) in [5, 5.41) is 6.24. The first kappa shape index (κ1) is 17.7. The lowest BCUT2D eigenvalue weighted by Gasteiger charge is -2.09. The fraction of sp³-hybridized carbons (Fsp3) is 0.125. The second-order valence-corrected chi connectivity index (χ2v) is 8.40. The standard InChI is InChI=1S/C16H14ClN3O3S2/c1-10-9-11(2)20(18-10)16(21)15-14(7-8-24-15)19-25(22,23)13-5-3-12(17)4-6-13/h3-9,19H,1-2H3. The van der Waals surface area contributed by atoms with Crippen molar-refractivity contribution in [2.75, 3.05) is 4.72 Å². The van der Waals surface area contributed by atoms with Gasteiger partial charge < -0.3 is 0 Å². The number of rotatable bonds is 4. The van der Waals surface area contributed by atoms with Gasteiger partial charge in [0.15, 0.2) is 0 Å². The zero-order chi connectivity index (χ0) is 18.2. The van der Waals surface area contributed by atoms with Crippen LogP contribution in [-0.2, 0) is 10.0 Å². The Morgan fingerprint density at radius 3 is 2.48 bits per heavy atom. The average molecular weight is 396 g/mol. The normalized spacial score (nSPS) is 11.5. The minimum absolute atomic E-state index is 0.0626. The summed E-state index contributed by atoms with van der Waals surface area (Å²) in [5.41, 5.74) is 1.62. The van der Waals surface area contributed by atoms with Crippen LogP contribution in [0.4, 0.5) is 5.69 Å². The lowest BCUT2D eigenvalue weighted by molar-refractivity contribution is 0.0947. The highest BCUT2D eigenvalue weighted by molar-refractivity contribution is 7.92. The highest BCUT2D eigenvalue weighted by Gasteiger charge is 2.22. The summed E-state index contributed by atoms with van der Waals surface area (Å²) in [6.07, 6.45) is 0. The molecule has 0 aliphatic heterocycles. The summed E-state index contributed by atoms with van der Waals surface area (Å²) in [7, 11) is -3.83. The van der Waals surface area contributed by atoms with Crippen molar-refractivity contribution in [1.82, 2.24) is 9.78 Å². The molecular weight excluding hydrogens is 382 g/mol. The predicted octanol–water partition coefficient (Wildman–Crippen LogP) is 3.70. The van der Waals surface area contributed by atoms with Crippen molar-refractivity contribution in [2.45, 2.75) is 18.7 Å². The van der Waals surface area contributed by atoms with Gasteiger partial charge in [0, 0.05) is 10.7 Å². The molecule has 0 amide bonds. The molecule has 0 spiro atoms. The molecule has 0 unspecified atom stereocenters. The van der Waals surface area contributed by atoms with Crippen LogP contribution in [0.3, 0.4) is 0 Å². The van der Waals surface area contributed by atoms with Gasteiger partial charge >= 0.3 is 0 Å². The van der Waals surface area contributed by atoms with Gasteiger partial charge in [-0.25, -0.2) is 13.1 Å². The van der Waals surface area contributed by atoms with E-state index in [2.05, 4.69) is 9.82 Å². The second kappa shape index (κ2) is 6.62. The van der Waals surface area contributed by atoms with Crippen molar-refractivity contribution < 1.29 is 13.2 Å². The molecule has 130 valence electrons. The first-order valence-electron chi connectivity index (χ1n) is 7.22. The molecule has 0 bridgehead atoms. The quantitative estimate of drug-likeness (QED) is 0.730. The molecule has 1 N–H and O–H groups in total. The molecule has 0 atom stereocenters. The third-order valence-electron chi connectivity index (χ3n) is 3.43. The number of aromatic nitrogens is 2. The van der Waals surface area contributed by atoms with E-state index < -0.39 is 10.0 Å². The van der Waals surface area contributed by atoms with Crippen LogP contribution in [0.15, 0.2) is 46.7 Å². The molecule has 0 aliphatic rings. The number of nitrogens with one attached hydrogen (secondary N) is 1. The molecule has 3 aromatic rings. The Bertz CT molecular complexity index is 1040. The Morgan fingerprint density at radius 1 is 1.20 bits per heavy atom. The molecule has 9 heteroatoms. The van der Waals surface area contributed by atoms with Gasteiger partial charge in [0.1, 0.15) is 4.88 Å². The number of hydrogen-bond donors (Lipinski definition) is 1. The van der Waals surface area contributed by atoms with E-state index in [1.165, 1.54) is 28.9 Å². The highest BCUT2D eigenvalue weighted by Crippen LogP contribution is 2.27. The number of aryl methyl sites for hydroxylation is 2. The first-order valence-corrected chi connectivity index (χ1v) is 9.96. The Kier molecular flexibility index (Phi) is 4.68. The van der Waals surface area contributed by atoms with Crippen molar-refractivity contribution in [3.8, 4) is 0 Å². The largest absolute Gasteiger partial charge is 0.290 e. The van der Waals surface area contributed by atoms with Gasteiger partial charge in [0.05, 0.1) is 16.3 Å². The van der Waals surface area contributed by atoms with Gasteiger partial charge in [-0.05, 0) is 55.6 Å². The summed E-state index contributed by atoms with van der Waals surface area (Å²) in [6, 6.07) is 9.12. The number of carbonyl (C=O) groups is 1. The van der Waals surface area contributed by atoms with Gasteiger partial charge in [-0.3, -0.25) is 9.52 Å². The van der Waals surface area contributed by atoms with Crippen LogP contribution in [0.1, 0.15) is 21.1 Å². The molecule has 3 rings (SSSR count). The Labute approximate surface area is 154 Å². The van der Waals surface area contributed by atoms with E-state index in [0.717, 1.165) is 11.3 Å². The summed E-state index contributed by atoms with van der Waals surface area (Å²) >= 11 is 6.94. The zero-order valence-corrected chi connectivity index (χ0v) is 15.7. The zero-order valence-electron chi connectivity index (χ0n) is 13.4. The van der Waals surface area contributed by atoms with E-state index in [-0.39, 0.29) is 21.4 Å². The average Bonchev–Trinajstić information content (AvgIpc) is 3.12. The minimum atomic E-state index is -3.83. The summed E-state index contributed by atoms with van der Waals surface area (Å²) in [5.74, 6) is -0.380. The maximum absolute atomic E-state index is 12.7. The molecule has 6 nitrogen and oxygen atoms in total. The summed E-state index contributed by atoms with van der Waals surface area (Å²) in [4.78, 5) is 13.0. The number of anilines is 1. The number of hydrogen-bond acceptors (Lipinski definition) is 5. The van der Waals surface area contributed by atoms with Crippen molar-refractivity contribution in [1.29, 1.82) is 0 Å². The molecule has 2 aromatic heterocycles. The smallest absolute Gasteiger partial charge is 0.278 e. The topological polar surface area (TPSA) is 81.1 Å². The molecular formula is C16H14ClN3O3S2. The monoisotopic (exact) mass is 395 g/mol. The SMILES string of the molecule is Cc1cc(C)n(C(=O)c2sccc2NS(=O)(=O)c2ccc(Cl)cc2)n1. The lowest BCUT2D eigenvalue weighted by Crippen LogP contribution is -2.18. The van der Waals surface area contributed by atoms with Crippen molar-refractivity contribution >= 4 is 44.6 Å². The van der Waals surface area contributed by atoms with E-state index in [9.17, 15) is 13.2 Å². The van der Waals surface area contributed by atoms with E-state index in [1.807, 2.05) is 0 Å². The van der Waals surface area contributed by atoms with Gasteiger partial charge in [-0.15, -0.1) is 11.3 Å². The van der Waals surface area contributed by atoms with Gasteiger partial charge in [0.2, 0.25) is 0 Å². The van der Waals surface area contributed by atoms with Crippen LogP contribution in [-0.4, -0.2) is 24.1 Å². The fourth-order valence-corrected chi connectivity index (χ4v) is 4.34. The van der Waals surface area contributed by atoms with Gasteiger partial charge in [0.25, 0.3) is 15.9 Å². The Hall–Kier alpha value is -2.16. The van der Waals surface area contributed by atoms with Crippen LogP contribution in [0.5, 0.6) is 0 Å². The number of sulfonamides is 1. The van der Waals surface area contributed by atoms with Gasteiger partial charge in [-0.2, -0.15) is 5.10 Å². The number of nitrogens with zero attached hydrogens (tertiary/aromatic N) is 2. The maximum atomic E-state index is 12.7. The lowest BCUT2D eigenvalue weighted by atomic mass is 10.3. The van der Waals surface area contributed by atoms with Gasteiger partial charge in [-0.1, -0.05) is 11.6 Å². The fourth-order valence-electron chi connectivity index (χ4n) is 2.30. The summed E-state index contributed by atoms with van der Waals surface area (Å²) in [6.45, 7) is 3.55. The number of benzene rings is 1. The minimum Gasteiger partial charge on any atom is -0.278 e. The molecule has 0 saturated carbocycles. The molecule has 2 heterocycles. The molecule has 1 aromatic carbocycles. The summed E-state index contributed by atoms with van der Waals surface area (Å²) < 4.78 is 28.7. The van der Waals surface area contributed by atoms with Crippen LogP contribution in [0, 0.1) is 13.8 Å². The van der Waals surface area contributed by atoms with E-state index >= 15 is 0 Å². The van der Waals surface area contributed by atoms with Crippen LogP contribution in [0.2, 0.25) is 5.02 Å². The van der Waals surface area contributed by atoms with E-state index in [1.54, 1.807) is 31.4 Å². The molecule has 0 saturated heterocycles. The van der Waals surface area contributed by atoms with E-state index in [0.29, 0.717) is 16.4 Å². The molecule has 0 aliphatic carbocycles. The maximum Gasteiger partial charge on any atom is 0.290 e. The van der Waals surface area contributed by atoms with Crippen molar-refractivity contribution in [3.05, 3.63) is 63.1 Å².